The average molecular weight is 308 g/mol. The van der Waals surface area contributed by atoms with Crippen LogP contribution in [0.15, 0.2) is 18.5 Å². The third-order valence-electron chi connectivity index (χ3n) is 4.48. The molecule has 3 rings (SSSR count). The molecule has 21 heavy (non-hydrogen) atoms. The Hall–Kier alpha value is -1.01. The second-order valence-corrected chi connectivity index (χ2v) is 8.37. The molecule has 0 radical (unpaired) electrons. The minimum atomic E-state index is -0.493. The molecule has 5 nitrogen and oxygen atoms in total. The summed E-state index contributed by atoms with van der Waals surface area (Å²) in [6.07, 6.45) is 5.34. The van der Waals surface area contributed by atoms with Crippen LogP contribution in [-0.4, -0.2) is 57.3 Å². The Labute approximate surface area is 130 Å². The number of piperidine rings is 1. The third kappa shape index (κ3) is 2.83. The summed E-state index contributed by atoms with van der Waals surface area (Å²) in [5.41, 5.74) is -0.493. The molecule has 0 aromatic carbocycles. The summed E-state index contributed by atoms with van der Waals surface area (Å²) >= 11 is 1.96. The molecule has 116 valence electrons. The molecule has 1 amide bonds. The summed E-state index contributed by atoms with van der Waals surface area (Å²) in [4.78, 5) is 15.3. The van der Waals surface area contributed by atoms with Crippen molar-refractivity contribution < 1.29 is 4.79 Å². The molecule has 1 aromatic rings. The summed E-state index contributed by atoms with van der Waals surface area (Å²) in [5.74, 6) is 1.27. The van der Waals surface area contributed by atoms with E-state index in [1.807, 2.05) is 28.7 Å². The summed E-state index contributed by atoms with van der Waals surface area (Å²) in [6, 6.07) is 1.91. The maximum Gasteiger partial charge on any atom is 0.250 e. The summed E-state index contributed by atoms with van der Waals surface area (Å²) in [5, 5.41) is 7.76. The molecule has 2 fully saturated rings. The fraction of sp³-hybridized carbons (Fsp3) is 0.733. The van der Waals surface area contributed by atoms with Crippen molar-refractivity contribution in [3.63, 3.8) is 0 Å². The van der Waals surface area contributed by atoms with Gasteiger partial charge < -0.3 is 10.2 Å². The van der Waals surface area contributed by atoms with E-state index >= 15 is 0 Å². The lowest BCUT2D eigenvalue weighted by atomic mass is 9.86. The quantitative estimate of drug-likeness (QED) is 0.895. The van der Waals surface area contributed by atoms with E-state index in [9.17, 15) is 4.79 Å². The van der Waals surface area contributed by atoms with Gasteiger partial charge in [-0.25, -0.2) is 0 Å². The number of nitrogens with one attached hydrogen (secondary N) is 1. The number of aromatic nitrogens is 2. The first kappa shape index (κ1) is 14.9. The van der Waals surface area contributed by atoms with Crippen LogP contribution in [0.2, 0.25) is 0 Å². The number of rotatable bonds is 2. The minimum absolute atomic E-state index is 0.145. The van der Waals surface area contributed by atoms with E-state index in [0.29, 0.717) is 0 Å². The molecule has 1 N–H and O–H groups in total. The number of thioether (sulfide) groups is 1. The van der Waals surface area contributed by atoms with Crippen LogP contribution in [0.3, 0.4) is 0 Å². The second kappa shape index (κ2) is 5.65. The summed E-state index contributed by atoms with van der Waals surface area (Å²) in [6.45, 7) is 7.87. The molecule has 0 saturated carbocycles. The second-order valence-electron chi connectivity index (χ2n) is 6.57. The van der Waals surface area contributed by atoms with Gasteiger partial charge in [-0.15, -0.1) is 0 Å². The van der Waals surface area contributed by atoms with Crippen molar-refractivity contribution in [3.8, 4) is 0 Å². The molecule has 0 atom stereocenters. The zero-order valence-electron chi connectivity index (χ0n) is 12.8. The molecule has 1 aromatic heterocycles. The zero-order chi connectivity index (χ0) is 14.9. The molecule has 0 spiro atoms. The number of nitrogens with zero attached hydrogens (tertiary/aromatic N) is 3. The predicted molar refractivity (Wildman–Crippen MR) is 85.4 cm³/mol. The molecule has 0 bridgehead atoms. The van der Waals surface area contributed by atoms with E-state index in [0.717, 1.165) is 44.8 Å². The number of carbonyl (C=O) groups excluding carboxylic acids is 1. The molecule has 2 aliphatic heterocycles. The highest BCUT2D eigenvalue weighted by molar-refractivity contribution is 8.00. The Kier molecular flexibility index (Phi) is 4.01. The maximum absolute atomic E-state index is 13.3. The van der Waals surface area contributed by atoms with Crippen LogP contribution in [0.5, 0.6) is 0 Å². The first-order chi connectivity index (χ1) is 10.0. The fourth-order valence-corrected chi connectivity index (χ4v) is 4.50. The van der Waals surface area contributed by atoms with Gasteiger partial charge in [0.05, 0.1) is 0 Å². The van der Waals surface area contributed by atoms with Gasteiger partial charge in [0, 0.05) is 36.0 Å². The van der Waals surface area contributed by atoms with Crippen molar-refractivity contribution in [1.82, 2.24) is 20.0 Å². The van der Waals surface area contributed by atoms with E-state index in [-0.39, 0.29) is 10.7 Å². The minimum Gasteiger partial charge on any atom is -0.338 e. The van der Waals surface area contributed by atoms with Crippen molar-refractivity contribution in [1.29, 1.82) is 0 Å². The van der Waals surface area contributed by atoms with Crippen LogP contribution in [0, 0.1) is 0 Å². The maximum atomic E-state index is 13.3. The number of amides is 1. The van der Waals surface area contributed by atoms with Crippen LogP contribution < -0.4 is 5.32 Å². The standard InChI is InChI=1S/C15H24N4OS/c1-14(2)12-18(10-11-21-14)13(20)15(4-7-16-8-5-15)19-9-3-6-17-19/h3,6,9,16H,4-5,7-8,10-12H2,1-2H3. The first-order valence-corrected chi connectivity index (χ1v) is 8.66. The Morgan fingerprint density at radius 3 is 2.71 bits per heavy atom. The molecule has 3 heterocycles. The normalized spacial score (nSPS) is 24.8. The van der Waals surface area contributed by atoms with Gasteiger partial charge in [-0.1, -0.05) is 0 Å². The Bertz CT molecular complexity index is 494. The van der Waals surface area contributed by atoms with Gasteiger partial charge in [-0.05, 0) is 45.8 Å². The van der Waals surface area contributed by atoms with Crippen LogP contribution in [-0.2, 0) is 10.3 Å². The average Bonchev–Trinajstić information content (AvgIpc) is 3.01. The van der Waals surface area contributed by atoms with Crippen molar-refractivity contribution in [2.45, 2.75) is 37.0 Å². The Morgan fingerprint density at radius 2 is 2.10 bits per heavy atom. The van der Waals surface area contributed by atoms with Gasteiger partial charge in [0.15, 0.2) is 0 Å². The molecular formula is C15H24N4OS. The highest BCUT2D eigenvalue weighted by Gasteiger charge is 2.46. The van der Waals surface area contributed by atoms with Gasteiger partial charge in [-0.2, -0.15) is 16.9 Å². The van der Waals surface area contributed by atoms with Gasteiger partial charge in [0.1, 0.15) is 5.54 Å². The van der Waals surface area contributed by atoms with Crippen LogP contribution in [0.1, 0.15) is 26.7 Å². The van der Waals surface area contributed by atoms with Crippen molar-refractivity contribution in [3.05, 3.63) is 18.5 Å². The number of hydrogen-bond acceptors (Lipinski definition) is 4. The highest BCUT2D eigenvalue weighted by Crippen LogP contribution is 2.34. The highest BCUT2D eigenvalue weighted by atomic mass is 32.2. The lowest BCUT2D eigenvalue weighted by Gasteiger charge is -2.44. The van der Waals surface area contributed by atoms with Crippen molar-refractivity contribution >= 4 is 17.7 Å². The summed E-state index contributed by atoms with van der Waals surface area (Å²) < 4.78 is 2.04. The molecule has 0 unspecified atom stereocenters. The van der Waals surface area contributed by atoms with Crippen LogP contribution in [0.4, 0.5) is 0 Å². The lowest BCUT2D eigenvalue weighted by Crippen LogP contribution is -2.58. The molecule has 2 aliphatic rings. The molecule has 0 aliphatic carbocycles. The van der Waals surface area contributed by atoms with E-state index in [4.69, 9.17) is 0 Å². The van der Waals surface area contributed by atoms with E-state index < -0.39 is 5.54 Å². The van der Waals surface area contributed by atoms with E-state index in [2.05, 4.69) is 29.2 Å². The SMILES string of the molecule is CC1(C)CN(C(=O)C2(n3cccn3)CCNCC2)CCS1. The first-order valence-electron chi connectivity index (χ1n) is 7.68. The van der Waals surface area contributed by atoms with Gasteiger partial charge in [0.25, 0.3) is 5.91 Å². The topological polar surface area (TPSA) is 50.2 Å². The van der Waals surface area contributed by atoms with Crippen LogP contribution in [0.25, 0.3) is 0 Å². The predicted octanol–water partition coefficient (Wildman–Crippen LogP) is 1.32. The smallest absolute Gasteiger partial charge is 0.250 e. The fourth-order valence-electron chi connectivity index (χ4n) is 3.39. The Balaban J connectivity index is 1.88. The lowest BCUT2D eigenvalue weighted by molar-refractivity contribution is -0.143. The Morgan fingerprint density at radius 1 is 1.33 bits per heavy atom. The number of carbonyl (C=O) groups is 1. The summed E-state index contributed by atoms with van der Waals surface area (Å²) in [7, 11) is 0. The van der Waals surface area contributed by atoms with E-state index in [1.165, 1.54) is 0 Å². The third-order valence-corrected chi connectivity index (χ3v) is 5.78. The molecular weight excluding hydrogens is 284 g/mol. The number of hydrogen-bond donors (Lipinski definition) is 1. The molecule has 2 saturated heterocycles. The van der Waals surface area contributed by atoms with Gasteiger partial charge >= 0.3 is 0 Å². The van der Waals surface area contributed by atoms with E-state index in [1.54, 1.807) is 6.20 Å². The largest absolute Gasteiger partial charge is 0.338 e. The van der Waals surface area contributed by atoms with Crippen molar-refractivity contribution in [2.75, 3.05) is 31.9 Å². The monoisotopic (exact) mass is 308 g/mol. The molecule has 6 heteroatoms. The zero-order valence-corrected chi connectivity index (χ0v) is 13.7. The van der Waals surface area contributed by atoms with Gasteiger partial charge in [0.2, 0.25) is 0 Å². The van der Waals surface area contributed by atoms with Gasteiger partial charge in [-0.3, -0.25) is 9.48 Å². The van der Waals surface area contributed by atoms with Crippen LogP contribution >= 0.6 is 11.8 Å². The van der Waals surface area contributed by atoms with Crippen molar-refractivity contribution in [2.24, 2.45) is 0 Å².